The molecule has 0 radical (unpaired) electrons. The Morgan fingerprint density at radius 1 is 1.07 bits per heavy atom. The van der Waals surface area contributed by atoms with Crippen molar-refractivity contribution in [1.29, 1.82) is 0 Å². The van der Waals surface area contributed by atoms with Gasteiger partial charge in [-0.05, 0) is 23.3 Å². The van der Waals surface area contributed by atoms with E-state index in [1.54, 1.807) is 12.1 Å². The quantitative estimate of drug-likeness (QED) is 0.829. The van der Waals surface area contributed by atoms with Gasteiger partial charge in [0, 0.05) is 13.1 Å². The molecule has 7 heteroatoms. The fourth-order valence-corrected chi connectivity index (χ4v) is 3.59. The predicted octanol–water partition coefficient (Wildman–Crippen LogP) is 0.951. The van der Waals surface area contributed by atoms with E-state index in [1.807, 2.05) is 36.4 Å². The van der Waals surface area contributed by atoms with Gasteiger partial charge in [-0.2, -0.15) is 0 Å². The molecule has 1 fully saturated rings. The van der Waals surface area contributed by atoms with Crippen molar-refractivity contribution in [3.8, 4) is 11.1 Å². The van der Waals surface area contributed by atoms with Crippen molar-refractivity contribution in [2.75, 3.05) is 31.6 Å². The highest BCUT2D eigenvalue weighted by molar-refractivity contribution is 6.10. The number of fused-ring (bicyclic) bond motifs is 2. The van der Waals surface area contributed by atoms with Gasteiger partial charge in [0.25, 0.3) is 5.91 Å². The molecular weight excluding hydrogens is 346 g/mol. The Hall–Kier alpha value is -3.19. The van der Waals surface area contributed by atoms with Crippen molar-refractivity contribution >= 4 is 23.4 Å². The van der Waals surface area contributed by atoms with E-state index in [9.17, 15) is 14.4 Å². The fraction of sp³-hybridized carbons (Fsp3) is 0.250. The van der Waals surface area contributed by atoms with Gasteiger partial charge >= 0.3 is 0 Å². The standard InChI is InChI=1S/C20H19N3O4/c24-12-18(25)22-8-9-23-17(11-22)19(26)21-16-7-6-14(10-15(16)20(23)27)13-4-2-1-3-5-13/h1-7,10,17,24H,8-9,11-12H2,(H,21,26)/t17-/m1/s1. The highest BCUT2D eigenvalue weighted by atomic mass is 16.3. The van der Waals surface area contributed by atoms with Crippen molar-refractivity contribution in [3.63, 3.8) is 0 Å². The maximum Gasteiger partial charge on any atom is 0.256 e. The first kappa shape index (κ1) is 17.2. The van der Waals surface area contributed by atoms with Crippen molar-refractivity contribution in [3.05, 3.63) is 54.1 Å². The molecule has 4 rings (SSSR count). The summed E-state index contributed by atoms with van der Waals surface area (Å²) in [6.45, 7) is 0.0136. The molecule has 2 N–H and O–H groups in total. The van der Waals surface area contributed by atoms with Gasteiger partial charge in [-0.3, -0.25) is 14.4 Å². The number of aliphatic hydroxyl groups excluding tert-OH is 1. The van der Waals surface area contributed by atoms with Crippen molar-refractivity contribution in [2.45, 2.75) is 6.04 Å². The second-order valence-corrected chi connectivity index (χ2v) is 6.63. The molecule has 2 aliphatic heterocycles. The van der Waals surface area contributed by atoms with Crippen molar-refractivity contribution in [1.82, 2.24) is 9.80 Å². The largest absolute Gasteiger partial charge is 0.387 e. The molecule has 7 nitrogen and oxygen atoms in total. The Morgan fingerprint density at radius 2 is 1.85 bits per heavy atom. The van der Waals surface area contributed by atoms with Crippen LogP contribution in [0.5, 0.6) is 0 Å². The Bertz CT molecular complexity index is 913. The van der Waals surface area contributed by atoms with Crippen LogP contribution in [0.2, 0.25) is 0 Å². The molecule has 3 amide bonds. The van der Waals surface area contributed by atoms with Gasteiger partial charge in [-0.1, -0.05) is 36.4 Å². The molecule has 0 unspecified atom stereocenters. The lowest BCUT2D eigenvalue weighted by Gasteiger charge is -2.39. The minimum absolute atomic E-state index is 0.0799. The molecule has 0 bridgehead atoms. The fourth-order valence-electron chi connectivity index (χ4n) is 3.59. The average molecular weight is 365 g/mol. The van der Waals surface area contributed by atoms with Crippen LogP contribution in [0.4, 0.5) is 5.69 Å². The Kier molecular flexibility index (Phi) is 4.37. The molecule has 138 valence electrons. The number of anilines is 1. The second-order valence-electron chi connectivity index (χ2n) is 6.63. The molecule has 2 aromatic rings. The summed E-state index contributed by atoms with van der Waals surface area (Å²) in [5.41, 5.74) is 2.79. The number of piperazine rings is 1. The summed E-state index contributed by atoms with van der Waals surface area (Å²) in [5, 5.41) is 11.9. The van der Waals surface area contributed by atoms with Crippen LogP contribution in [0.25, 0.3) is 11.1 Å². The van der Waals surface area contributed by atoms with E-state index >= 15 is 0 Å². The minimum Gasteiger partial charge on any atom is -0.387 e. The summed E-state index contributed by atoms with van der Waals surface area (Å²) in [6, 6.07) is 14.3. The van der Waals surface area contributed by atoms with E-state index in [0.717, 1.165) is 11.1 Å². The van der Waals surface area contributed by atoms with Gasteiger partial charge in [-0.15, -0.1) is 0 Å². The van der Waals surface area contributed by atoms with Gasteiger partial charge < -0.3 is 20.2 Å². The van der Waals surface area contributed by atoms with E-state index < -0.39 is 18.6 Å². The first-order valence-corrected chi connectivity index (χ1v) is 8.78. The van der Waals surface area contributed by atoms with Gasteiger partial charge in [0.1, 0.15) is 12.6 Å². The van der Waals surface area contributed by atoms with Crippen LogP contribution in [-0.2, 0) is 9.59 Å². The third kappa shape index (κ3) is 3.06. The van der Waals surface area contributed by atoms with Crippen molar-refractivity contribution in [2.24, 2.45) is 0 Å². The van der Waals surface area contributed by atoms with Crippen molar-refractivity contribution < 1.29 is 19.5 Å². The third-order valence-electron chi connectivity index (χ3n) is 5.05. The lowest BCUT2D eigenvalue weighted by molar-refractivity contribution is -0.138. The molecule has 1 saturated heterocycles. The van der Waals surface area contributed by atoms with Crippen LogP contribution in [0.1, 0.15) is 10.4 Å². The number of amides is 3. The summed E-state index contributed by atoms with van der Waals surface area (Å²) in [5.74, 6) is -1.00. The topological polar surface area (TPSA) is 90.0 Å². The summed E-state index contributed by atoms with van der Waals surface area (Å²) in [7, 11) is 0. The highest BCUT2D eigenvalue weighted by Gasteiger charge is 2.40. The molecule has 2 aliphatic rings. The van der Waals surface area contributed by atoms with E-state index in [4.69, 9.17) is 5.11 Å². The first-order valence-electron chi connectivity index (χ1n) is 8.78. The minimum atomic E-state index is -0.769. The molecule has 0 saturated carbocycles. The summed E-state index contributed by atoms with van der Waals surface area (Å²) >= 11 is 0. The van der Waals surface area contributed by atoms with E-state index in [2.05, 4.69) is 5.32 Å². The Morgan fingerprint density at radius 3 is 2.59 bits per heavy atom. The molecule has 2 heterocycles. The van der Waals surface area contributed by atoms with Crippen LogP contribution in [0.3, 0.4) is 0 Å². The number of hydrogen-bond acceptors (Lipinski definition) is 4. The SMILES string of the molecule is O=C1Nc2ccc(-c3ccccc3)cc2C(=O)N2CCN(C(=O)CO)C[C@H]12. The molecular formula is C20H19N3O4. The highest BCUT2D eigenvalue weighted by Crippen LogP contribution is 2.30. The van der Waals surface area contributed by atoms with Crippen LogP contribution >= 0.6 is 0 Å². The number of benzene rings is 2. The summed E-state index contributed by atoms with van der Waals surface area (Å²) < 4.78 is 0. The number of rotatable bonds is 2. The van der Waals surface area contributed by atoms with Crippen LogP contribution in [-0.4, -0.2) is 64.9 Å². The number of nitrogens with one attached hydrogen (secondary N) is 1. The lowest BCUT2D eigenvalue weighted by atomic mass is 10.0. The molecule has 0 aliphatic carbocycles. The molecule has 2 aromatic carbocycles. The van der Waals surface area contributed by atoms with Crippen LogP contribution in [0.15, 0.2) is 48.5 Å². The maximum atomic E-state index is 13.1. The Balaban J connectivity index is 1.69. The van der Waals surface area contributed by atoms with Gasteiger partial charge in [0.2, 0.25) is 11.8 Å². The van der Waals surface area contributed by atoms with Gasteiger partial charge in [0.05, 0.1) is 17.8 Å². The molecule has 27 heavy (non-hydrogen) atoms. The second kappa shape index (κ2) is 6.85. The molecule has 0 spiro atoms. The number of aliphatic hydroxyl groups is 1. The van der Waals surface area contributed by atoms with Gasteiger partial charge in [0.15, 0.2) is 0 Å². The zero-order valence-corrected chi connectivity index (χ0v) is 14.6. The lowest BCUT2D eigenvalue weighted by Crippen LogP contribution is -2.59. The monoisotopic (exact) mass is 365 g/mol. The molecule has 0 aromatic heterocycles. The summed E-state index contributed by atoms with van der Waals surface area (Å²) in [4.78, 5) is 40.5. The summed E-state index contributed by atoms with van der Waals surface area (Å²) in [6.07, 6.45) is 0. The van der Waals surface area contributed by atoms with E-state index in [-0.39, 0.29) is 24.9 Å². The first-order chi connectivity index (χ1) is 13.1. The normalized spacial score (nSPS) is 19.1. The van der Waals surface area contributed by atoms with Crippen LogP contribution < -0.4 is 5.32 Å². The smallest absolute Gasteiger partial charge is 0.256 e. The van der Waals surface area contributed by atoms with Crippen LogP contribution in [0, 0.1) is 0 Å². The van der Waals surface area contributed by atoms with E-state index in [0.29, 0.717) is 17.8 Å². The van der Waals surface area contributed by atoms with Gasteiger partial charge in [-0.25, -0.2) is 0 Å². The maximum absolute atomic E-state index is 13.1. The number of carbonyl (C=O) groups is 3. The molecule has 1 atom stereocenters. The van der Waals surface area contributed by atoms with E-state index in [1.165, 1.54) is 9.80 Å². The number of carbonyl (C=O) groups excluding carboxylic acids is 3. The third-order valence-corrected chi connectivity index (χ3v) is 5.05. The Labute approximate surface area is 156 Å². The number of hydrogen-bond donors (Lipinski definition) is 2. The predicted molar refractivity (Wildman–Crippen MR) is 99.0 cm³/mol. The zero-order valence-electron chi connectivity index (χ0n) is 14.6. The average Bonchev–Trinajstić information content (AvgIpc) is 2.82. The zero-order chi connectivity index (χ0) is 19.0. The number of nitrogens with zero attached hydrogens (tertiary/aromatic N) is 2.